The summed E-state index contributed by atoms with van der Waals surface area (Å²) in [5.41, 5.74) is 2.92. The van der Waals surface area contributed by atoms with E-state index in [-0.39, 0.29) is 17.5 Å². The fraction of sp³-hybridized carbons (Fsp3) is 0.579. The molecule has 1 aliphatic heterocycles. The third-order valence-electron chi connectivity index (χ3n) is 5.19. The Kier molecular flexibility index (Phi) is 3.37. The predicted octanol–water partition coefficient (Wildman–Crippen LogP) is 3.53. The maximum Gasteiger partial charge on any atom is 0.274 e. The molecule has 1 amide bonds. The molecule has 1 aliphatic carbocycles. The van der Waals surface area contributed by atoms with Crippen molar-refractivity contribution in [2.75, 3.05) is 6.54 Å². The molecule has 0 N–H and O–H groups in total. The molecule has 0 bridgehead atoms. The first kappa shape index (κ1) is 15.5. The molecule has 2 aromatic heterocycles. The normalized spacial score (nSPS) is 21.0. The number of aromatic nitrogens is 3. The average Bonchev–Trinajstić information content (AvgIpc) is 3.08. The number of hydrogen-bond donors (Lipinski definition) is 0. The summed E-state index contributed by atoms with van der Waals surface area (Å²) in [6.07, 6.45) is 4.51. The zero-order valence-electron chi connectivity index (χ0n) is 15.0. The number of carbonyl (C=O) groups excluding carboxylic acids is 1. The zero-order valence-corrected chi connectivity index (χ0v) is 15.0. The summed E-state index contributed by atoms with van der Waals surface area (Å²) >= 11 is 0. The van der Waals surface area contributed by atoms with Gasteiger partial charge in [-0.05, 0) is 58.7 Å². The summed E-state index contributed by atoms with van der Waals surface area (Å²) < 4.78 is 4.30. The molecule has 0 radical (unpaired) electrons. The lowest BCUT2D eigenvalue weighted by atomic mass is 10.1. The zero-order chi connectivity index (χ0) is 17.1. The van der Waals surface area contributed by atoms with E-state index in [1.54, 1.807) is 0 Å². The van der Waals surface area contributed by atoms with Gasteiger partial charge >= 0.3 is 0 Å². The molecule has 5 heteroatoms. The van der Waals surface area contributed by atoms with Gasteiger partial charge in [-0.25, -0.2) is 0 Å². The highest BCUT2D eigenvalue weighted by Crippen LogP contribution is 2.42. The maximum absolute atomic E-state index is 13.1. The lowest BCUT2D eigenvalue weighted by molar-refractivity contribution is 0.0636. The van der Waals surface area contributed by atoms with Crippen LogP contribution in [0.2, 0.25) is 0 Å². The predicted molar refractivity (Wildman–Crippen MR) is 93.1 cm³/mol. The molecule has 1 unspecified atom stereocenters. The van der Waals surface area contributed by atoms with Crippen LogP contribution in [0.1, 0.15) is 74.4 Å². The number of carbonyl (C=O) groups is 1. The van der Waals surface area contributed by atoms with Crippen molar-refractivity contribution in [3.63, 3.8) is 0 Å². The third-order valence-corrected chi connectivity index (χ3v) is 5.19. The van der Waals surface area contributed by atoms with E-state index in [2.05, 4.69) is 55.3 Å². The molecule has 1 fully saturated rings. The largest absolute Gasteiger partial charge is 0.348 e. The standard InChI is InChI=1S/C19H26N4O/c1-13-16-6-5-9-21(16)10-11-22(13)18(24)15-12-17(14-7-8-14)23(20-15)19(2,3)4/h5-6,9,12-14H,7-8,10-11H2,1-4H3. The molecule has 4 rings (SSSR count). The van der Waals surface area contributed by atoms with Gasteiger partial charge in [0.15, 0.2) is 5.69 Å². The quantitative estimate of drug-likeness (QED) is 0.847. The van der Waals surface area contributed by atoms with Crippen LogP contribution in [0.5, 0.6) is 0 Å². The Morgan fingerprint density at radius 2 is 1.96 bits per heavy atom. The second-order valence-electron chi connectivity index (χ2n) is 8.11. The lowest BCUT2D eigenvalue weighted by Gasteiger charge is -2.34. The summed E-state index contributed by atoms with van der Waals surface area (Å²) in [5, 5.41) is 4.71. The van der Waals surface area contributed by atoms with Gasteiger partial charge in [0.25, 0.3) is 5.91 Å². The van der Waals surface area contributed by atoms with Crippen molar-refractivity contribution < 1.29 is 4.79 Å². The van der Waals surface area contributed by atoms with Gasteiger partial charge < -0.3 is 9.47 Å². The van der Waals surface area contributed by atoms with Crippen molar-refractivity contribution in [2.45, 2.75) is 64.6 Å². The number of hydrogen-bond acceptors (Lipinski definition) is 2. The lowest BCUT2D eigenvalue weighted by Crippen LogP contribution is -2.41. The SMILES string of the molecule is CC1c2cccn2CCN1C(=O)c1cc(C2CC2)n(C(C)(C)C)n1. The minimum Gasteiger partial charge on any atom is -0.348 e. The van der Waals surface area contributed by atoms with Crippen LogP contribution < -0.4 is 0 Å². The molecule has 2 aliphatic rings. The van der Waals surface area contributed by atoms with Gasteiger partial charge in [0.1, 0.15) is 0 Å². The summed E-state index contributed by atoms with van der Waals surface area (Å²) in [4.78, 5) is 15.1. The highest BCUT2D eigenvalue weighted by atomic mass is 16.2. The second kappa shape index (κ2) is 5.23. The number of fused-ring (bicyclic) bond motifs is 1. The minimum atomic E-state index is -0.0985. The van der Waals surface area contributed by atoms with Crippen molar-refractivity contribution in [1.29, 1.82) is 0 Å². The van der Waals surface area contributed by atoms with E-state index in [0.717, 1.165) is 13.1 Å². The molecular formula is C19H26N4O. The van der Waals surface area contributed by atoms with Crippen molar-refractivity contribution in [3.05, 3.63) is 41.5 Å². The number of amides is 1. The van der Waals surface area contributed by atoms with E-state index in [1.807, 2.05) is 11.0 Å². The second-order valence-corrected chi connectivity index (χ2v) is 8.11. The van der Waals surface area contributed by atoms with E-state index in [1.165, 1.54) is 24.2 Å². The Labute approximate surface area is 143 Å². The molecule has 5 nitrogen and oxygen atoms in total. The average molecular weight is 326 g/mol. The van der Waals surface area contributed by atoms with Crippen LogP contribution in [0, 0.1) is 0 Å². The Bertz CT molecular complexity index is 776. The molecule has 1 atom stereocenters. The fourth-order valence-corrected chi connectivity index (χ4v) is 3.71. The Morgan fingerprint density at radius 1 is 1.21 bits per heavy atom. The summed E-state index contributed by atoms with van der Waals surface area (Å²) in [7, 11) is 0. The van der Waals surface area contributed by atoms with Gasteiger partial charge in [0.2, 0.25) is 0 Å². The first-order valence-electron chi connectivity index (χ1n) is 8.92. The fourth-order valence-electron chi connectivity index (χ4n) is 3.71. The van der Waals surface area contributed by atoms with E-state index in [0.29, 0.717) is 11.6 Å². The summed E-state index contributed by atoms with van der Waals surface area (Å²) in [5.74, 6) is 0.633. The molecule has 2 aromatic rings. The van der Waals surface area contributed by atoms with E-state index >= 15 is 0 Å². The van der Waals surface area contributed by atoms with Crippen LogP contribution >= 0.6 is 0 Å². The highest BCUT2D eigenvalue weighted by Gasteiger charge is 2.35. The van der Waals surface area contributed by atoms with Crippen LogP contribution in [0.3, 0.4) is 0 Å². The molecule has 3 heterocycles. The van der Waals surface area contributed by atoms with Crippen LogP contribution in [0.25, 0.3) is 0 Å². The van der Waals surface area contributed by atoms with Crippen molar-refractivity contribution in [2.24, 2.45) is 0 Å². The van der Waals surface area contributed by atoms with Crippen molar-refractivity contribution >= 4 is 5.91 Å². The van der Waals surface area contributed by atoms with E-state index in [9.17, 15) is 4.79 Å². The minimum absolute atomic E-state index is 0.0554. The first-order valence-corrected chi connectivity index (χ1v) is 8.92. The highest BCUT2D eigenvalue weighted by molar-refractivity contribution is 5.92. The molecule has 24 heavy (non-hydrogen) atoms. The molecule has 0 saturated heterocycles. The summed E-state index contributed by atoms with van der Waals surface area (Å²) in [6, 6.07) is 6.28. The molecule has 0 spiro atoms. The van der Waals surface area contributed by atoms with Gasteiger partial charge in [-0.15, -0.1) is 0 Å². The molecular weight excluding hydrogens is 300 g/mol. The Hall–Kier alpha value is -2.04. The van der Waals surface area contributed by atoms with Gasteiger partial charge in [0, 0.05) is 36.6 Å². The van der Waals surface area contributed by atoms with Crippen LogP contribution in [0.4, 0.5) is 0 Å². The van der Waals surface area contributed by atoms with Crippen molar-refractivity contribution in [3.8, 4) is 0 Å². The van der Waals surface area contributed by atoms with Crippen LogP contribution in [-0.2, 0) is 12.1 Å². The van der Waals surface area contributed by atoms with Gasteiger partial charge in [-0.3, -0.25) is 9.48 Å². The Morgan fingerprint density at radius 3 is 2.62 bits per heavy atom. The van der Waals surface area contributed by atoms with Crippen LogP contribution in [-0.4, -0.2) is 31.7 Å². The van der Waals surface area contributed by atoms with E-state index in [4.69, 9.17) is 5.10 Å². The summed E-state index contributed by atoms with van der Waals surface area (Å²) in [6.45, 7) is 10.1. The van der Waals surface area contributed by atoms with Gasteiger partial charge in [-0.1, -0.05) is 0 Å². The molecule has 0 aromatic carbocycles. The monoisotopic (exact) mass is 326 g/mol. The molecule has 128 valence electrons. The molecule has 1 saturated carbocycles. The maximum atomic E-state index is 13.1. The van der Waals surface area contributed by atoms with Crippen molar-refractivity contribution in [1.82, 2.24) is 19.2 Å². The van der Waals surface area contributed by atoms with E-state index < -0.39 is 0 Å². The van der Waals surface area contributed by atoms with Gasteiger partial charge in [-0.2, -0.15) is 5.10 Å². The smallest absolute Gasteiger partial charge is 0.274 e. The topological polar surface area (TPSA) is 43.1 Å². The van der Waals surface area contributed by atoms with Gasteiger partial charge in [0.05, 0.1) is 11.6 Å². The number of rotatable bonds is 2. The first-order chi connectivity index (χ1) is 11.4. The third kappa shape index (κ3) is 2.46. The van der Waals surface area contributed by atoms with Crippen LogP contribution in [0.15, 0.2) is 24.4 Å². The Balaban J connectivity index is 1.66. The number of nitrogens with zero attached hydrogens (tertiary/aromatic N) is 4.